The standard InChI is InChI=1S/C18H18ClF3N2O3S/c19-13-4-9-17(23-11-13)27-15-7-5-14(6-8-15)24-28(25,26)16-3-1-2-12(10-16)18(20,21)22/h1-4,9-11,14-15,24H,5-8H2. The number of nitrogens with one attached hydrogen (secondary N) is 1. The highest BCUT2D eigenvalue weighted by atomic mass is 35.5. The minimum atomic E-state index is -4.60. The molecule has 28 heavy (non-hydrogen) atoms. The Labute approximate surface area is 165 Å². The summed E-state index contributed by atoms with van der Waals surface area (Å²) in [5.41, 5.74) is -0.997. The quantitative estimate of drug-likeness (QED) is 0.756. The molecule has 0 bridgehead atoms. The summed E-state index contributed by atoms with van der Waals surface area (Å²) in [4.78, 5) is 3.66. The van der Waals surface area contributed by atoms with Crippen LogP contribution in [-0.4, -0.2) is 25.5 Å². The second-order valence-electron chi connectivity index (χ2n) is 6.55. The average molecular weight is 435 g/mol. The monoisotopic (exact) mass is 434 g/mol. The number of rotatable bonds is 5. The number of halogens is 4. The van der Waals surface area contributed by atoms with Crippen LogP contribution in [0.3, 0.4) is 0 Å². The van der Waals surface area contributed by atoms with Crippen LogP contribution >= 0.6 is 11.6 Å². The second kappa shape index (κ2) is 8.26. The number of nitrogens with zero attached hydrogens (tertiary/aromatic N) is 1. The molecule has 3 rings (SSSR count). The van der Waals surface area contributed by atoms with Crippen LogP contribution in [0.5, 0.6) is 5.88 Å². The normalized spacial score (nSPS) is 20.7. The van der Waals surface area contributed by atoms with Crippen molar-refractivity contribution in [3.63, 3.8) is 0 Å². The number of sulfonamides is 1. The second-order valence-corrected chi connectivity index (χ2v) is 8.70. The maximum absolute atomic E-state index is 12.8. The number of ether oxygens (including phenoxy) is 1. The number of pyridine rings is 1. The van der Waals surface area contributed by atoms with E-state index in [4.69, 9.17) is 16.3 Å². The van der Waals surface area contributed by atoms with Gasteiger partial charge in [0.2, 0.25) is 15.9 Å². The molecule has 0 saturated heterocycles. The Morgan fingerprint density at radius 1 is 1.11 bits per heavy atom. The van der Waals surface area contributed by atoms with Crippen molar-refractivity contribution in [2.45, 2.75) is 48.9 Å². The lowest BCUT2D eigenvalue weighted by atomic mass is 9.94. The average Bonchev–Trinajstić information content (AvgIpc) is 2.64. The van der Waals surface area contributed by atoms with E-state index in [1.807, 2.05) is 0 Å². The molecule has 0 spiro atoms. The number of aromatic nitrogens is 1. The first-order valence-electron chi connectivity index (χ1n) is 8.61. The Morgan fingerprint density at radius 2 is 1.82 bits per heavy atom. The van der Waals surface area contributed by atoms with Crippen LogP contribution < -0.4 is 9.46 Å². The zero-order valence-electron chi connectivity index (χ0n) is 14.6. The van der Waals surface area contributed by atoms with E-state index in [2.05, 4.69) is 9.71 Å². The van der Waals surface area contributed by atoms with E-state index in [0.717, 1.165) is 18.2 Å². The van der Waals surface area contributed by atoms with E-state index in [1.165, 1.54) is 6.20 Å². The Balaban J connectivity index is 1.58. The fraction of sp³-hybridized carbons (Fsp3) is 0.389. The third kappa shape index (κ3) is 5.36. The predicted molar refractivity (Wildman–Crippen MR) is 97.7 cm³/mol. The van der Waals surface area contributed by atoms with Gasteiger partial charge in [-0.15, -0.1) is 0 Å². The van der Waals surface area contributed by atoms with E-state index in [1.54, 1.807) is 12.1 Å². The smallest absolute Gasteiger partial charge is 0.416 e. The molecule has 0 aliphatic heterocycles. The zero-order chi connectivity index (χ0) is 20.4. The molecule has 0 radical (unpaired) electrons. The molecule has 1 fully saturated rings. The summed E-state index contributed by atoms with van der Waals surface area (Å²) in [5, 5.41) is 0.500. The summed E-state index contributed by atoms with van der Waals surface area (Å²) in [6, 6.07) is 6.68. The van der Waals surface area contributed by atoms with Gasteiger partial charge in [-0.3, -0.25) is 0 Å². The van der Waals surface area contributed by atoms with Crippen molar-refractivity contribution in [1.82, 2.24) is 9.71 Å². The summed E-state index contributed by atoms with van der Waals surface area (Å²) in [6.45, 7) is 0. The molecule has 0 amide bonds. The van der Waals surface area contributed by atoms with Crippen LogP contribution in [0.4, 0.5) is 13.2 Å². The van der Waals surface area contributed by atoms with Gasteiger partial charge in [0, 0.05) is 18.3 Å². The largest absolute Gasteiger partial charge is 0.474 e. The lowest BCUT2D eigenvalue weighted by Gasteiger charge is -2.29. The summed E-state index contributed by atoms with van der Waals surface area (Å²) in [6.07, 6.45) is -1.02. The predicted octanol–water partition coefficient (Wildman–Crippen LogP) is 4.42. The molecule has 2 aromatic rings. The van der Waals surface area contributed by atoms with Gasteiger partial charge in [-0.05, 0) is 49.9 Å². The van der Waals surface area contributed by atoms with Gasteiger partial charge in [0.05, 0.1) is 15.5 Å². The van der Waals surface area contributed by atoms with E-state index >= 15 is 0 Å². The molecule has 0 atom stereocenters. The summed E-state index contributed by atoms with van der Waals surface area (Å²) in [5.74, 6) is 0.442. The number of hydrogen-bond acceptors (Lipinski definition) is 4. The van der Waals surface area contributed by atoms with Gasteiger partial charge in [0.15, 0.2) is 0 Å². The van der Waals surface area contributed by atoms with Crippen molar-refractivity contribution in [3.8, 4) is 5.88 Å². The highest BCUT2D eigenvalue weighted by Gasteiger charge is 2.32. The van der Waals surface area contributed by atoms with Gasteiger partial charge < -0.3 is 4.74 Å². The van der Waals surface area contributed by atoms with Crippen LogP contribution in [0.25, 0.3) is 0 Å². The fourth-order valence-corrected chi connectivity index (χ4v) is 4.49. The van der Waals surface area contributed by atoms with Crippen molar-refractivity contribution in [1.29, 1.82) is 0 Å². The van der Waals surface area contributed by atoms with Gasteiger partial charge in [-0.1, -0.05) is 17.7 Å². The molecule has 152 valence electrons. The molecule has 1 saturated carbocycles. The number of alkyl halides is 3. The van der Waals surface area contributed by atoms with Gasteiger partial charge in [-0.2, -0.15) is 13.2 Å². The van der Waals surface area contributed by atoms with Crippen molar-refractivity contribution >= 4 is 21.6 Å². The molecule has 10 heteroatoms. The third-order valence-electron chi connectivity index (χ3n) is 4.46. The molecular weight excluding hydrogens is 417 g/mol. The highest BCUT2D eigenvalue weighted by molar-refractivity contribution is 7.89. The van der Waals surface area contributed by atoms with Crippen molar-refractivity contribution in [2.75, 3.05) is 0 Å². The lowest BCUT2D eigenvalue weighted by molar-refractivity contribution is -0.137. The maximum Gasteiger partial charge on any atom is 0.416 e. The molecule has 1 aliphatic rings. The number of hydrogen-bond donors (Lipinski definition) is 1. The van der Waals surface area contributed by atoms with Crippen LogP contribution in [0.15, 0.2) is 47.5 Å². The summed E-state index contributed by atoms with van der Waals surface area (Å²) >= 11 is 5.77. The SMILES string of the molecule is O=S(=O)(NC1CCC(Oc2ccc(Cl)cn2)CC1)c1cccc(C(F)(F)F)c1. The molecule has 1 aromatic heterocycles. The molecule has 1 heterocycles. The Hall–Kier alpha value is -1.84. The zero-order valence-corrected chi connectivity index (χ0v) is 16.2. The van der Waals surface area contributed by atoms with Gasteiger partial charge in [0.25, 0.3) is 0 Å². The minimum absolute atomic E-state index is 0.108. The van der Waals surface area contributed by atoms with Crippen LogP contribution in [0.1, 0.15) is 31.2 Å². The lowest BCUT2D eigenvalue weighted by Crippen LogP contribution is -2.39. The fourth-order valence-electron chi connectivity index (χ4n) is 3.03. The minimum Gasteiger partial charge on any atom is -0.474 e. The van der Waals surface area contributed by atoms with Crippen molar-refractivity contribution in [2.24, 2.45) is 0 Å². The van der Waals surface area contributed by atoms with E-state index in [-0.39, 0.29) is 12.1 Å². The van der Waals surface area contributed by atoms with Crippen LogP contribution in [0.2, 0.25) is 5.02 Å². The maximum atomic E-state index is 12.8. The first kappa shape index (κ1) is 20.9. The molecule has 1 aromatic carbocycles. The topological polar surface area (TPSA) is 68.3 Å². The third-order valence-corrected chi connectivity index (χ3v) is 6.20. The Kier molecular flexibility index (Phi) is 6.16. The van der Waals surface area contributed by atoms with Crippen molar-refractivity contribution < 1.29 is 26.3 Å². The Bertz CT molecular complexity index is 912. The van der Waals surface area contributed by atoms with Crippen LogP contribution in [-0.2, 0) is 16.2 Å². The molecule has 0 unspecified atom stereocenters. The van der Waals surface area contributed by atoms with Gasteiger partial charge >= 0.3 is 6.18 Å². The van der Waals surface area contributed by atoms with E-state index in [0.29, 0.717) is 42.7 Å². The van der Waals surface area contributed by atoms with Gasteiger partial charge in [0.1, 0.15) is 6.10 Å². The Morgan fingerprint density at radius 3 is 2.43 bits per heavy atom. The first-order chi connectivity index (χ1) is 13.1. The van der Waals surface area contributed by atoms with E-state index in [9.17, 15) is 21.6 Å². The van der Waals surface area contributed by atoms with Crippen LogP contribution in [0, 0.1) is 0 Å². The van der Waals surface area contributed by atoms with E-state index < -0.39 is 26.7 Å². The van der Waals surface area contributed by atoms with Crippen molar-refractivity contribution in [3.05, 3.63) is 53.2 Å². The molecular formula is C18H18ClF3N2O3S. The molecule has 5 nitrogen and oxygen atoms in total. The first-order valence-corrected chi connectivity index (χ1v) is 10.5. The molecule has 1 aliphatic carbocycles. The summed E-state index contributed by atoms with van der Waals surface area (Å²) < 4.78 is 71.6. The highest BCUT2D eigenvalue weighted by Crippen LogP contribution is 2.31. The van der Waals surface area contributed by atoms with Gasteiger partial charge in [-0.25, -0.2) is 18.1 Å². The number of benzene rings is 1. The summed E-state index contributed by atoms with van der Waals surface area (Å²) in [7, 11) is -4.04. The molecule has 1 N–H and O–H groups in total.